The van der Waals surface area contributed by atoms with Crippen molar-refractivity contribution in [3.8, 4) is 5.75 Å². The number of hydrogen-bond donors (Lipinski definition) is 2. The van der Waals surface area contributed by atoms with Gasteiger partial charge in [0, 0.05) is 38.4 Å². The number of pyridine rings is 1. The molecule has 28 heavy (non-hydrogen) atoms. The summed E-state index contributed by atoms with van der Waals surface area (Å²) in [5.74, 6) is 2.59. The Balaban J connectivity index is 1.53. The number of halogens is 1. The molecule has 1 saturated heterocycles. The lowest BCUT2D eigenvalue weighted by Crippen LogP contribution is -2.44. The van der Waals surface area contributed by atoms with Crippen LogP contribution in [0.4, 0.5) is 5.82 Å². The number of methoxy groups -OCH3 is 1. The van der Waals surface area contributed by atoms with E-state index < -0.39 is 0 Å². The third kappa shape index (κ3) is 5.52. The zero-order valence-electron chi connectivity index (χ0n) is 16.5. The van der Waals surface area contributed by atoms with Crippen LogP contribution in [0.1, 0.15) is 18.9 Å². The molecule has 0 amide bonds. The van der Waals surface area contributed by atoms with Crippen molar-refractivity contribution in [2.75, 3.05) is 38.2 Å². The van der Waals surface area contributed by atoms with Crippen LogP contribution < -0.4 is 20.3 Å². The van der Waals surface area contributed by atoms with E-state index in [9.17, 15) is 0 Å². The van der Waals surface area contributed by atoms with Crippen LogP contribution in [-0.2, 0) is 6.42 Å². The molecule has 1 atom stereocenters. The number of rotatable bonds is 7. The number of nitrogens with zero attached hydrogens (tertiary/aromatic N) is 3. The molecule has 7 heteroatoms. The highest BCUT2D eigenvalue weighted by Crippen LogP contribution is 2.25. The minimum Gasteiger partial charge on any atom is -0.497 e. The lowest BCUT2D eigenvalue weighted by atomic mass is 10.1. The van der Waals surface area contributed by atoms with Gasteiger partial charge in [0.05, 0.1) is 12.1 Å². The van der Waals surface area contributed by atoms with Gasteiger partial charge in [-0.15, -0.1) is 0 Å². The first-order valence-electron chi connectivity index (χ1n) is 9.73. The molecule has 0 bridgehead atoms. The molecule has 6 nitrogen and oxygen atoms in total. The molecule has 0 saturated carbocycles. The van der Waals surface area contributed by atoms with Gasteiger partial charge in [0.25, 0.3) is 0 Å². The number of nitrogens with one attached hydrogen (secondary N) is 2. The SMILES string of the molecule is CCNC(=NCCc1ccc(OC)cc1)NC1CCN(c2ncccc2Cl)C1. The molecule has 150 valence electrons. The highest BCUT2D eigenvalue weighted by molar-refractivity contribution is 6.32. The third-order valence-corrected chi connectivity index (χ3v) is 5.04. The molecule has 1 aliphatic rings. The molecular formula is C21H28ClN5O. The summed E-state index contributed by atoms with van der Waals surface area (Å²) < 4.78 is 5.20. The van der Waals surface area contributed by atoms with Crippen LogP contribution in [0.2, 0.25) is 5.02 Å². The second kappa shape index (κ2) is 10.2. The van der Waals surface area contributed by atoms with Gasteiger partial charge >= 0.3 is 0 Å². The van der Waals surface area contributed by atoms with Gasteiger partial charge in [-0.25, -0.2) is 4.98 Å². The van der Waals surface area contributed by atoms with Gasteiger partial charge in [-0.05, 0) is 49.6 Å². The Morgan fingerprint density at radius 1 is 1.32 bits per heavy atom. The predicted molar refractivity (Wildman–Crippen MR) is 116 cm³/mol. The van der Waals surface area contributed by atoms with Crippen LogP contribution >= 0.6 is 11.6 Å². The molecule has 3 rings (SSSR count). The van der Waals surface area contributed by atoms with E-state index in [4.69, 9.17) is 21.3 Å². The standard InChI is InChI=1S/C21H28ClN5O/c1-3-23-21(25-13-10-16-6-8-18(28-2)9-7-16)26-17-11-14-27(15-17)20-19(22)5-4-12-24-20/h4-9,12,17H,3,10-11,13-15H2,1-2H3,(H2,23,25,26). The van der Waals surface area contributed by atoms with Crippen LogP contribution in [0.3, 0.4) is 0 Å². The first-order chi connectivity index (χ1) is 13.7. The summed E-state index contributed by atoms with van der Waals surface area (Å²) in [6.45, 7) is 5.43. The van der Waals surface area contributed by atoms with Gasteiger partial charge in [0.1, 0.15) is 11.6 Å². The van der Waals surface area contributed by atoms with Crippen LogP contribution in [0, 0.1) is 0 Å². The molecule has 1 aliphatic heterocycles. The van der Waals surface area contributed by atoms with Crippen molar-refractivity contribution in [1.82, 2.24) is 15.6 Å². The lowest BCUT2D eigenvalue weighted by molar-refractivity contribution is 0.414. The van der Waals surface area contributed by atoms with E-state index in [2.05, 4.69) is 39.6 Å². The average molecular weight is 402 g/mol. The Kier molecular flexibility index (Phi) is 7.37. The predicted octanol–water partition coefficient (Wildman–Crippen LogP) is 3.12. The number of ether oxygens (including phenoxy) is 1. The summed E-state index contributed by atoms with van der Waals surface area (Å²) >= 11 is 6.28. The van der Waals surface area contributed by atoms with Crippen molar-refractivity contribution in [3.63, 3.8) is 0 Å². The highest BCUT2D eigenvalue weighted by atomic mass is 35.5. The smallest absolute Gasteiger partial charge is 0.191 e. The quantitative estimate of drug-likeness (QED) is 0.551. The Morgan fingerprint density at radius 3 is 2.86 bits per heavy atom. The average Bonchev–Trinajstić information content (AvgIpc) is 3.17. The fraction of sp³-hybridized carbons (Fsp3) is 0.429. The van der Waals surface area contributed by atoms with E-state index in [0.29, 0.717) is 11.1 Å². The Morgan fingerprint density at radius 2 is 2.14 bits per heavy atom. The maximum atomic E-state index is 6.28. The fourth-order valence-corrected chi connectivity index (χ4v) is 3.52. The molecule has 0 spiro atoms. The summed E-state index contributed by atoms with van der Waals surface area (Å²) in [7, 11) is 1.68. The summed E-state index contributed by atoms with van der Waals surface area (Å²) in [6.07, 6.45) is 3.70. The number of anilines is 1. The normalized spacial score (nSPS) is 16.9. The van der Waals surface area contributed by atoms with Gasteiger partial charge in [0.2, 0.25) is 0 Å². The number of aromatic nitrogens is 1. The first-order valence-corrected chi connectivity index (χ1v) is 10.1. The minimum absolute atomic E-state index is 0.317. The molecule has 1 aromatic heterocycles. The Hall–Kier alpha value is -2.47. The maximum Gasteiger partial charge on any atom is 0.191 e. The van der Waals surface area contributed by atoms with Crippen LogP contribution in [-0.4, -0.2) is 50.3 Å². The molecule has 1 fully saturated rings. The topological polar surface area (TPSA) is 61.8 Å². The summed E-state index contributed by atoms with van der Waals surface area (Å²) in [5, 5.41) is 7.58. The van der Waals surface area contributed by atoms with Crippen molar-refractivity contribution < 1.29 is 4.74 Å². The van der Waals surface area contributed by atoms with E-state index in [1.165, 1.54) is 5.56 Å². The number of guanidine groups is 1. The molecule has 0 aliphatic carbocycles. The molecule has 2 heterocycles. The largest absolute Gasteiger partial charge is 0.497 e. The molecule has 1 unspecified atom stereocenters. The van der Waals surface area contributed by atoms with Gasteiger partial charge in [-0.2, -0.15) is 0 Å². The van der Waals surface area contributed by atoms with Crippen LogP contribution in [0.15, 0.2) is 47.6 Å². The number of benzene rings is 1. The first kappa shape index (κ1) is 20.3. The van der Waals surface area contributed by atoms with E-state index in [1.807, 2.05) is 24.3 Å². The molecule has 0 radical (unpaired) electrons. The zero-order valence-corrected chi connectivity index (χ0v) is 17.2. The maximum absolute atomic E-state index is 6.28. The molecule has 2 N–H and O–H groups in total. The van der Waals surface area contributed by atoms with Crippen LogP contribution in [0.25, 0.3) is 0 Å². The van der Waals surface area contributed by atoms with Crippen molar-refractivity contribution in [2.45, 2.75) is 25.8 Å². The zero-order chi connectivity index (χ0) is 19.8. The van der Waals surface area contributed by atoms with Crippen molar-refractivity contribution >= 4 is 23.4 Å². The van der Waals surface area contributed by atoms with E-state index in [1.54, 1.807) is 13.3 Å². The second-order valence-electron chi connectivity index (χ2n) is 6.74. The number of hydrogen-bond acceptors (Lipinski definition) is 4. The fourth-order valence-electron chi connectivity index (χ4n) is 3.28. The van der Waals surface area contributed by atoms with Gasteiger partial charge < -0.3 is 20.3 Å². The van der Waals surface area contributed by atoms with E-state index >= 15 is 0 Å². The Labute approximate surface area is 172 Å². The van der Waals surface area contributed by atoms with Crippen molar-refractivity contribution in [2.24, 2.45) is 4.99 Å². The summed E-state index contributed by atoms with van der Waals surface area (Å²) in [4.78, 5) is 11.4. The van der Waals surface area contributed by atoms with Crippen molar-refractivity contribution in [1.29, 1.82) is 0 Å². The van der Waals surface area contributed by atoms with E-state index in [-0.39, 0.29) is 0 Å². The third-order valence-electron chi connectivity index (χ3n) is 4.74. The Bertz CT molecular complexity index is 781. The minimum atomic E-state index is 0.317. The van der Waals surface area contributed by atoms with E-state index in [0.717, 1.165) is 56.5 Å². The summed E-state index contributed by atoms with van der Waals surface area (Å²) in [6, 6.07) is 12.2. The second-order valence-corrected chi connectivity index (χ2v) is 7.15. The van der Waals surface area contributed by atoms with Gasteiger partial charge in [0.15, 0.2) is 5.96 Å². The van der Waals surface area contributed by atoms with Gasteiger partial charge in [-0.1, -0.05) is 23.7 Å². The monoisotopic (exact) mass is 401 g/mol. The summed E-state index contributed by atoms with van der Waals surface area (Å²) in [5.41, 5.74) is 1.25. The highest BCUT2D eigenvalue weighted by Gasteiger charge is 2.25. The number of aliphatic imine (C=N–C) groups is 1. The van der Waals surface area contributed by atoms with Crippen molar-refractivity contribution in [3.05, 3.63) is 53.2 Å². The molecular weight excluding hydrogens is 374 g/mol. The lowest BCUT2D eigenvalue weighted by Gasteiger charge is -2.20. The molecule has 2 aromatic rings. The molecule has 1 aromatic carbocycles. The van der Waals surface area contributed by atoms with Crippen LogP contribution in [0.5, 0.6) is 5.75 Å². The van der Waals surface area contributed by atoms with Gasteiger partial charge in [-0.3, -0.25) is 4.99 Å².